The molecule has 0 fully saturated rings. The fourth-order valence-corrected chi connectivity index (χ4v) is 0.432. The third-order valence-electron chi connectivity index (χ3n) is 0.876. The lowest BCUT2D eigenvalue weighted by atomic mass is 10.5. The maximum atomic E-state index is 10.4. The number of rotatable bonds is 2. The van der Waals surface area contributed by atoms with Crippen LogP contribution in [0.1, 0.15) is 0 Å². The van der Waals surface area contributed by atoms with E-state index in [2.05, 4.69) is 11.8 Å². The summed E-state index contributed by atoms with van der Waals surface area (Å²) < 4.78 is 0. The van der Waals surface area contributed by atoms with Crippen LogP contribution in [0, 0.1) is 24.7 Å². The Morgan fingerprint density at radius 2 is 1.73 bits per heavy atom. The number of hydrogen-bond acceptors (Lipinski definition) is 1. The van der Waals surface area contributed by atoms with Crippen LogP contribution in [0.4, 0.5) is 4.79 Å². The molecule has 0 aliphatic rings. The van der Waals surface area contributed by atoms with Gasteiger partial charge in [-0.05, 0) is 0 Å². The van der Waals surface area contributed by atoms with Crippen molar-refractivity contribution in [2.24, 2.45) is 5.73 Å². The van der Waals surface area contributed by atoms with Gasteiger partial charge in [-0.15, -0.1) is 25.3 Å². The first kappa shape index (κ1) is 12.4. The van der Waals surface area contributed by atoms with Gasteiger partial charge in [0.2, 0.25) is 0 Å². The Bertz CT molecular complexity index is 185. The molecule has 0 rings (SSSR count). The Morgan fingerprint density at radius 3 is 1.91 bits per heavy atom. The molecule has 4 heteroatoms. The van der Waals surface area contributed by atoms with E-state index in [0.717, 1.165) is 0 Å². The van der Waals surface area contributed by atoms with Crippen molar-refractivity contribution in [3.8, 4) is 24.7 Å². The summed E-state index contributed by atoms with van der Waals surface area (Å²) in [6.07, 6.45) is 9.86. The predicted molar refractivity (Wildman–Crippen MR) is 46.1 cm³/mol. The summed E-state index contributed by atoms with van der Waals surface area (Å²) in [4.78, 5) is 11.6. The van der Waals surface area contributed by atoms with Crippen LogP contribution in [0.5, 0.6) is 0 Å². The average molecular weight is 173 g/mol. The van der Waals surface area contributed by atoms with Crippen molar-refractivity contribution in [3.63, 3.8) is 0 Å². The monoisotopic (exact) mass is 172 g/mol. The quantitative estimate of drug-likeness (QED) is 0.589. The number of carbonyl (C=O) groups excluding carboxylic acids is 1. The zero-order chi connectivity index (χ0) is 7.98. The molecule has 0 aromatic carbocycles. The van der Waals surface area contributed by atoms with E-state index in [-0.39, 0.29) is 25.5 Å². The van der Waals surface area contributed by atoms with E-state index in [1.54, 1.807) is 0 Å². The summed E-state index contributed by atoms with van der Waals surface area (Å²) in [5.74, 6) is 4.53. The number of hydrogen-bond donors (Lipinski definition) is 1. The van der Waals surface area contributed by atoms with Crippen LogP contribution in [0.25, 0.3) is 0 Å². The van der Waals surface area contributed by atoms with Crippen LogP contribution in [0.15, 0.2) is 0 Å². The van der Waals surface area contributed by atoms with Gasteiger partial charge in [0, 0.05) is 0 Å². The normalized spacial score (nSPS) is 6.73. The lowest BCUT2D eigenvalue weighted by molar-refractivity contribution is 0.219. The van der Waals surface area contributed by atoms with Crippen molar-refractivity contribution in [1.29, 1.82) is 0 Å². The highest BCUT2D eigenvalue weighted by Crippen LogP contribution is 1.83. The predicted octanol–water partition coefficient (Wildman–Crippen LogP) is 0.0553. The van der Waals surface area contributed by atoms with Gasteiger partial charge in [-0.1, -0.05) is 11.8 Å². The van der Waals surface area contributed by atoms with Crippen molar-refractivity contribution < 1.29 is 4.79 Å². The summed E-state index contributed by atoms with van der Waals surface area (Å²) in [5, 5.41) is 0. The van der Waals surface area contributed by atoms with E-state index < -0.39 is 6.03 Å². The largest absolute Gasteiger partial charge is 0.351 e. The minimum Gasteiger partial charge on any atom is -0.351 e. The highest BCUT2D eigenvalue weighted by Gasteiger charge is 2.03. The third-order valence-corrected chi connectivity index (χ3v) is 0.876. The number of nitrogens with two attached hydrogens (primary N) is 1. The molecule has 0 radical (unpaired) electrons. The molecule has 0 saturated heterocycles. The number of amides is 2. The first-order chi connectivity index (χ1) is 4.72. The van der Waals surface area contributed by atoms with E-state index in [9.17, 15) is 4.79 Å². The average Bonchev–Trinajstić information content (AvgIpc) is 1.87. The van der Waals surface area contributed by atoms with E-state index in [1.807, 2.05) is 0 Å². The minimum absolute atomic E-state index is 0. The zero-order valence-electron chi connectivity index (χ0n) is 5.91. The van der Waals surface area contributed by atoms with Gasteiger partial charge in [0.25, 0.3) is 0 Å². The second-order valence-electron chi connectivity index (χ2n) is 1.60. The summed E-state index contributed by atoms with van der Waals surface area (Å²) in [5.41, 5.74) is 4.90. The lowest BCUT2D eigenvalue weighted by Crippen LogP contribution is -2.36. The molecule has 0 bridgehead atoms. The topological polar surface area (TPSA) is 46.3 Å². The fraction of sp³-hybridized carbons (Fsp3) is 0.286. The van der Waals surface area contributed by atoms with Crippen LogP contribution < -0.4 is 5.73 Å². The number of primary amides is 1. The Labute approximate surface area is 72.3 Å². The van der Waals surface area contributed by atoms with Gasteiger partial charge in [0.05, 0.1) is 13.1 Å². The maximum Gasteiger partial charge on any atom is 0.316 e. The number of halogens is 1. The van der Waals surface area contributed by atoms with E-state index in [4.69, 9.17) is 18.6 Å². The second kappa shape index (κ2) is 6.80. The molecule has 0 aliphatic heterocycles. The molecule has 0 heterocycles. The van der Waals surface area contributed by atoms with Gasteiger partial charge in [-0.3, -0.25) is 0 Å². The second-order valence-corrected chi connectivity index (χ2v) is 1.60. The molecule has 0 aromatic rings. The Morgan fingerprint density at radius 1 is 1.36 bits per heavy atom. The Kier molecular flexibility index (Phi) is 7.64. The molecule has 0 spiro atoms. The fourth-order valence-electron chi connectivity index (χ4n) is 0.432. The van der Waals surface area contributed by atoms with Crippen molar-refractivity contribution >= 4 is 18.4 Å². The number of carbonyl (C=O) groups is 1. The molecule has 0 aliphatic carbocycles. The first-order valence-electron chi connectivity index (χ1n) is 2.63. The molecule has 0 atom stereocenters. The molecule has 60 valence electrons. The van der Waals surface area contributed by atoms with Gasteiger partial charge < -0.3 is 10.6 Å². The molecule has 0 unspecified atom stereocenters. The number of urea groups is 1. The van der Waals surface area contributed by atoms with Crippen LogP contribution in [-0.4, -0.2) is 24.0 Å². The zero-order valence-corrected chi connectivity index (χ0v) is 6.73. The third kappa shape index (κ3) is 5.14. The van der Waals surface area contributed by atoms with Crippen molar-refractivity contribution in [2.45, 2.75) is 0 Å². The van der Waals surface area contributed by atoms with Gasteiger partial charge in [-0.2, -0.15) is 0 Å². The van der Waals surface area contributed by atoms with Gasteiger partial charge in [0.1, 0.15) is 0 Å². The van der Waals surface area contributed by atoms with Crippen molar-refractivity contribution in [1.82, 2.24) is 4.90 Å². The van der Waals surface area contributed by atoms with Crippen LogP contribution >= 0.6 is 12.4 Å². The minimum atomic E-state index is -0.587. The molecule has 2 amide bonds. The molecule has 2 N–H and O–H groups in total. The molecule has 3 nitrogen and oxygen atoms in total. The maximum absolute atomic E-state index is 10.4. The molecule has 11 heavy (non-hydrogen) atoms. The highest BCUT2D eigenvalue weighted by molar-refractivity contribution is 5.85. The van der Waals surface area contributed by atoms with E-state index in [1.165, 1.54) is 4.90 Å². The van der Waals surface area contributed by atoms with Crippen LogP contribution in [0.3, 0.4) is 0 Å². The van der Waals surface area contributed by atoms with E-state index >= 15 is 0 Å². The summed E-state index contributed by atoms with van der Waals surface area (Å²) >= 11 is 0. The molecular formula is C7H9ClN2O. The molecule has 0 aromatic heterocycles. The first-order valence-corrected chi connectivity index (χ1v) is 2.63. The number of nitrogens with zero attached hydrogens (tertiary/aromatic N) is 1. The Balaban J connectivity index is 0. The van der Waals surface area contributed by atoms with E-state index in [0.29, 0.717) is 0 Å². The van der Waals surface area contributed by atoms with Gasteiger partial charge in [-0.25, -0.2) is 4.79 Å². The molecule has 0 saturated carbocycles. The van der Waals surface area contributed by atoms with Crippen LogP contribution in [0.2, 0.25) is 0 Å². The summed E-state index contributed by atoms with van der Waals surface area (Å²) in [6, 6.07) is -0.587. The standard InChI is InChI=1S/C7H8N2O.ClH/c1-3-5-9(6-4-2)7(8)10;/h1-2H,5-6H2,(H2,8,10);1H. The number of terminal acetylenes is 2. The van der Waals surface area contributed by atoms with Gasteiger partial charge in [0.15, 0.2) is 0 Å². The summed E-state index contributed by atoms with van der Waals surface area (Å²) in [6.45, 7) is 0.332. The highest BCUT2D eigenvalue weighted by atomic mass is 35.5. The van der Waals surface area contributed by atoms with Gasteiger partial charge >= 0.3 is 6.03 Å². The van der Waals surface area contributed by atoms with Crippen molar-refractivity contribution in [3.05, 3.63) is 0 Å². The lowest BCUT2D eigenvalue weighted by Gasteiger charge is -2.12. The summed E-state index contributed by atoms with van der Waals surface area (Å²) in [7, 11) is 0. The smallest absolute Gasteiger partial charge is 0.316 e. The van der Waals surface area contributed by atoms with Crippen LogP contribution in [-0.2, 0) is 0 Å². The SMILES string of the molecule is C#CCN(CC#C)C(N)=O.Cl. The Hall–Kier alpha value is -1.32. The molecular weight excluding hydrogens is 164 g/mol. The van der Waals surface area contributed by atoms with Crippen molar-refractivity contribution in [2.75, 3.05) is 13.1 Å².